The molecule has 3 nitrogen and oxygen atoms in total. The predicted molar refractivity (Wildman–Crippen MR) is 103 cm³/mol. The third-order valence-corrected chi connectivity index (χ3v) is 5.98. The molecule has 1 aliphatic carbocycles. The van der Waals surface area contributed by atoms with Crippen LogP contribution in [0.15, 0.2) is 63.8 Å². The molecular formula is C22H15F9N2O. The molecule has 0 aromatic heterocycles. The number of alkyl halides is 9. The van der Waals surface area contributed by atoms with E-state index in [9.17, 15) is 44.3 Å². The summed E-state index contributed by atoms with van der Waals surface area (Å²) < 4.78 is 122. The lowest BCUT2D eigenvalue weighted by molar-refractivity contribution is -0.138. The molecule has 0 radical (unpaired) electrons. The summed E-state index contributed by atoms with van der Waals surface area (Å²) in [5.41, 5.74) is -6.72. The van der Waals surface area contributed by atoms with Gasteiger partial charge < -0.3 is 5.32 Å². The minimum Gasteiger partial charge on any atom is -0.325 e. The SMILES string of the molecule is CC1(c2cccc(C(F)(F)F)c2)C2=NC(CC(F)(F)F)C=CC2=C2CC(=O)NC2=C1C(F)(F)F. The van der Waals surface area contributed by atoms with Gasteiger partial charge in [0.15, 0.2) is 0 Å². The first-order chi connectivity index (χ1) is 15.5. The summed E-state index contributed by atoms with van der Waals surface area (Å²) in [6.45, 7) is 0.961. The topological polar surface area (TPSA) is 41.5 Å². The fraction of sp³-hybridized carbons (Fsp3) is 0.364. The van der Waals surface area contributed by atoms with Crippen molar-refractivity contribution in [1.82, 2.24) is 5.32 Å². The van der Waals surface area contributed by atoms with Crippen LogP contribution in [0.5, 0.6) is 0 Å². The average Bonchev–Trinajstić information content (AvgIpc) is 3.06. The number of carbonyl (C=O) groups excluding carboxylic acids is 1. The smallest absolute Gasteiger partial charge is 0.325 e. The Morgan fingerprint density at radius 2 is 1.74 bits per heavy atom. The van der Waals surface area contributed by atoms with Gasteiger partial charge in [0.2, 0.25) is 5.91 Å². The second kappa shape index (κ2) is 7.47. The van der Waals surface area contributed by atoms with Crippen LogP contribution in [0.1, 0.15) is 30.9 Å². The largest absolute Gasteiger partial charge is 0.416 e. The molecule has 1 N–H and O–H groups in total. The maximum atomic E-state index is 14.4. The summed E-state index contributed by atoms with van der Waals surface area (Å²) >= 11 is 0. The summed E-state index contributed by atoms with van der Waals surface area (Å²) in [6.07, 6.45) is -14.5. The highest BCUT2D eigenvalue weighted by Crippen LogP contribution is 2.53. The average molecular weight is 494 g/mol. The second-order valence-electron chi connectivity index (χ2n) is 8.29. The molecule has 2 heterocycles. The number of amides is 1. The third-order valence-electron chi connectivity index (χ3n) is 5.98. The maximum Gasteiger partial charge on any atom is 0.416 e. The summed E-state index contributed by atoms with van der Waals surface area (Å²) in [6, 6.07) is 1.56. The number of halogens is 9. The number of aliphatic imine (C=N–C) groups is 1. The molecule has 1 aromatic carbocycles. The molecule has 182 valence electrons. The van der Waals surface area contributed by atoms with E-state index in [1.165, 1.54) is 0 Å². The first-order valence-electron chi connectivity index (χ1n) is 9.88. The second-order valence-corrected chi connectivity index (χ2v) is 8.29. The summed E-state index contributed by atoms with van der Waals surface area (Å²) in [7, 11) is 0. The Bertz CT molecular complexity index is 1180. The molecule has 12 heteroatoms. The van der Waals surface area contributed by atoms with Gasteiger partial charge in [0.05, 0.1) is 46.8 Å². The van der Waals surface area contributed by atoms with E-state index in [-0.39, 0.29) is 11.1 Å². The van der Waals surface area contributed by atoms with Gasteiger partial charge in [-0.05, 0) is 24.1 Å². The molecule has 4 rings (SSSR count). The van der Waals surface area contributed by atoms with Crippen LogP contribution < -0.4 is 5.32 Å². The van der Waals surface area contributed by atoms with Crippen molar-refractivity contribution in [3.63, 3.8) is 0 Å². The number of nitrogens with zero attached hydrogens (tertiary/aromatic N) is 1. The Labute approximate surface area is 186 Å². The minimum absolute atomic E-state index is 0.0142. The van der Waals surface area contributed by atoms with Crippen LogP contribution in [-0.4, -0.2) is 30.0 Å². The molecule has 2 aliphatic heterocycles. The molecule has 1 saturated heterocycles. The fourth-order valence-electron chi connectivity index (χ4n) is 4.59. The van der Waals surface area contributed by atoms with Crippen LogP contribution in [0.25, 0.3) is 0 Å². The normalized spacial score (nSPS) is 25.3. The molecule has 1 amide bonds. The van der Waals surface area contributed by atoms with Gasteiger partial charge in [-0.15, -0.1) is 0 Å². The van der Waals surface area contributed by atoms with E-state index in [2.05, 4.69) is 10.3 Å². The Balaban J connectivity index is 2.04. The van der Waals surface area contributed by atoms with Crippen LogP contribution in [0.3, 0.4) is 0 Å². The number of nitrogens with one attached hydrogen (secondary N) is 1. The molecule has 1 aromatic rings. The van der Waals surface area contributed by atoms with E-state index >= 15 is 0 Å². The van der Waals surface area contributed by atoms with Crippen LogP contribution in [-0.2, 0) is 16.4 Å². The van der Waals surface area contributed by atoms with E-state index in [0.29, 0.717) is 12.1 Å². The Morgan fingerprint density at radius 1 is 1.06 bits per heavy atom. The van der Waals surface area contributed by atoms with E-state index in [4.69, 9.17) is 0 Å². The maximum absolute atomic E-state index is 14.4. The lowest BCUT2D eigenvalue weighted by atomic mass is 9.64. The number of allylic oxidation sites excluding steroid dienone is 4. The van der Waals surface area contributed by atoms with Gasteiger partial charge in [0, 0.05) is 5.57 Å². The van der Waals surface area contributed by atoms with Crippen LogP contribution in [0, 0.1) is 0 Å². The Morgan fingerprint density at radius 3 is 2.32 bits per heavy atom. The number of benzene rings is 1. The van der Waals surface area contributed by atoms with Crippen molar-refractivity contribution < 1.29 is 44.3 Å². The van der Waals surface area contributed by atoms with E-state index in [0.717, 1.165) is 31.2 Å². The van der Waals surface area contributed by atoms with Crippen molar-refractivity contribution >= 4 is 11.6 Å². The molecule has 2 atom stereocenters. The quantitative estimate of drug-likeness (QED) is 0.508. The molecule has 1 fully saturated rings. The number of carbonyl (C=O) groups is 1. The van der Waals surface area contributed by atoms with Crippen molar-refractivity contribution in [2.45, 2.75) is 49.8 Å². The van der Waals surface area contributed by atoms with Gasteiger partial charge in [-0.25, -0.2) is 0 Å². The van der Waals surface area contributed by atoms with E-state index in [1.54, 1.807) is 0 Å². The summed E-state index contributed by atoms with van der Waals surface area (Å²) in [5.74, 6) is -0.780. The monoisotopic (exact) mass is 494 g/mol. The van der Waals surface area contributed by atoms with Gasteiger partial charge in [-0.2, -0.15) is 39.5 Å². The van der Waals surface area contributed by atoms with Crippen LogP contribution >= 0.6 is 0 Å². The van der Waals surface area contributed by atoms with E-state index < -0.39 is 76.8 Å². The van der Waals surface area contributed by atoms with Gasteiger partial charge in [0.25, 0.3) is 0 Å². The number of hydrogen-bond donors (Lipinski definition) is 1. The lowest BCUT2D eigenvalue weighted by Crippen LogP contribution is -2.47. The Hall–Kier alpha value is -3.05. The van der Waals surface area contributed by atoms with Crippen molar-refractivity contribution in [3.8, 4) is 0 Å². The van der Waals surface area contributed by atoms with Crippen molar-refractivity contribution in [2.75, 3.05) is 0 Å². The molecule has 34 heavy (non-hydrogen) atoms. The Kier molecular flexibility index (Phi) is 5.30. The molecular weight excluding hydrogens is 479 g/mol. The van der Waals surface area contributed by atoms with Crippen LogP contribution in [0.4, 0.5) is 39.5 Å². The standard InChI is InChI=1S/C22H15F9N2O/c1-19(10-3-2-4-11(7-10)21(26,27)28)17(22(29,30)31)16-14(8-15(34)33-16)13-6-5-12(32-18(13)19)9-20(23,24)25/h2-7,12H,8-9H2,1H3,(H,33,34). The highest BCUT2D eigenvalue weighted by molar-refractivity contribution is 6.16. The zero-order chi connectivity index (χ0) is 25.3. The number of hydrogen-bond acceptors (Lipinski definition) is 2. The molecule has 0 saturated carbocycles. The molecule has 2 unspecified atom stereocenters. The van der Waals surface area contributed by atoms with Crippen molar-refractivity contribution in [3.05, 3.63) is 70.0 Å². The number of dihydropyridines is 1. The molecule has 0 spiro atoms. The van der Waals surface area contributed by atoms with E-state index in [1.807, 2.05) is 0 Å². The predicted octanol–water partition coefficient (Wildman–Crippen LogP) is 5.94. The number of rotatable bonds is 2. The minimum atomic E-state index is -5.16. The fourth-order valence-corrected chi connectivity index (χ4v) is 4.59. The summed E-state index contributed by atoms with van der Waals surface area (Å²) in [4.78, 5) is 16.0. The third kappa shape index (κ3) is 4.03. The number of fused-ring (bicyclic) bond motifs is 2. The van der Waals surface area contributed by atoms with Gasteiger partial charge in [0.1, 0.15) is 0 Å². The first kappa shape index (κ1) is 24.1. The summed E-state index contributed by atoms with van der Waals surface area (Å²) in [5, 5.41) is 2.14. The molecule has 0 bridgehead atoms. The highest BCUT2D eigenvalue weighted by atomic mass is 19.4. The van der Waals surface area contributed by atoms with Crippen molar-refractivity contribution in [1.29, 1.82) is 0 Å². The zero-order valence-electron chi connectivity index (χ0n) is 17.2. The molecule has 3 aliphatic rings. The highest BCUT2D eigenvalue weighted by Gasteiger charge is 2.57. The first-order valence-corrected chi connectivity index (χ1v) is 9.88. The van der Waals surface area contributed by atoms with Gasteiger partial charge in [-0.3, -0.25) is 9.79 Å². The lowest BCUT2D eigenvalue weighted by Gasteiger charge is -2.42. The van der Waals surface area contributed by atoms with Crippen LogP contribution in [0.2, 0.25) is 0 Å². The van der Waals surface area contributed by atoms with Gasteiger partial charge >= 0.3 is 18.5 Å². The van der Waals surface area contributed by atoms with Gasteiger partial charge in [-0.1, -0.05) is 30.4 Å². The zero-order valence-corrected chi connectivity index (χ0v) is 17.2. The van der Waals surface area contributed by atoms with Crippen molar-refractivity contribution in [2.24, 2.45) is 4.99 Å².